The number of benzene rings is 1. The topological polar surface area (TPSA) is 102 Å². The highest BCUT2D eigenvalue weighted by atomic mass is 19.4. The summed E-state index contributed by atoms with van der Waals surface area (Å²) in [5.41, 5.74) is 2.65. The number of hydrogen-bond donors (Lipinski definition) is 2. The van der Waals surface area contributed by atoms with E-state index in [4.69, 9.17) is 4.74 Å². The monoisotopic (exact) mass is 500 g/mol. The molecule has 0 fully saturated rings. The molecular formula is C25H23F3N4O4. The summed E-state index contributed by atoms with van der Waals surface area (Å²) in [5, 5.41) is 5.47. The van der Waals surface area contributed by atoms with Crippen LogP contribution in [-0.4, -0.2) is 47.7 Å². The largest absolute Gasteiger partial charge is 0.468 e. The van der Waals surface area contributed by atoms with Gasteiger partial charge in [0.2, 0.25) is 5.88 Å². The van der Waals surface area contributed by atoms with Gasteiger partial charge in [-0.15, -0.1) is 0 Å². The zero-order valence-corrected chi connectivity index (χ0v) is 19.3. The minimum absolute atomic E-state index is 0.137. The zero-order chi connectivity index (χ0) is 25.7. The van der Waals surface area contributed by atoms with Gasteiger partial charge in [0.1, 0.15) is 17.2 Å². The maximum atomic E-state index is 12.6. The molecule has 11 heteroatoms. The third kappa shape index (κ3) is 6.49. The Hall–Kier alpha value is -4.15. The van der Waals surface area contributed by atoms with Crippen LogP contribution < -0.4 is 20.1 Å². The van der Waals surface area contributed by atoms with E-state index in [2.05, 4.69) is 25.3 Å². The van der Waals surface area contributed by atoms with Crippen molar-refractivity contribution >= 4 is 11.8 Å². The molecule has 1 atom stereocenters. The summed E-state index contributed by atoms with van der Waals surface area (Å²) in [7, 11) is 1.52. The van der Waals surface area contributed by atoms with Gasteiger partial charge >= 0.3 is 6.18 Å². The van der Waals surface area contributed by atoms with Crippen LogP contribution in [0.1, 0.15) is 38.4 Å². The molecule has 2 heterocycles. The lowest BCUT2D eigenvalue weighted by Crippen LogP contribution is -2.38. The summed E-state index contributed by atoms with van der Waals surface area (Å²) in [4.78, 5) is 32.2. The van der Waals surface area contributed by atoms with E-state index in [0.29, 0.717) is 17.9 Å². The minimum atomic E-state index is -4.47. The molecule has 8 nitrogen and oxygen atoms in total. The normalized spacial score (nSPS) is 14.9. The van der Waals surface area contributed by atoms with E-state index in [1.165, 1.54) is 31.6 Å². The number of carbonyl (C=O) groups excluding carboxylic acids is 2. The molecule has 0 aliphatic heterocycles. The van der Waals surface area contributed by atoms with E-state index < -0.39 is 12.8 Å². The van der Waals surface area contributed by atoms with Crippen molar-refractivity contribution < 1.29 is 32.2 Å². The van der Waals surface area contributed by atoms with E-state index in [9.17, 15) is 22.8 Å². The first-order valence-corrected chi connectivity index (χ1v) is 11.1. The number of pyridine rings is 2. The molecule has 1 aliphatic carbocycles. The zero-order valence-electron chi connectivity index (χ0n) is 19.3. The van der Waals surface area contributed by atoms with Crippen LogP contribution in [0, 0.1) is 0 Å². The molecule has 2 N–H and O–H groups in total. The molecule has 0 radical (unpaired) electrons. The van der Waals surface area contributed by atoms with Crippen molar-refractivity contribution in [2.75, 3.05) is 13.7 Å². The Morgan fingerprint density at radius 1 is 1.03 bits per heavy atom. The fourth-order valence-electron chi connectivity index (χ4n) is 3.81. The Morgan fingerprint density at radius 3 is 2.56 bits per heavy atom. The van der Waals surface area contributed by atoms with Crippen molar-refractivity contribution in [1.82, 2.24) is 20.6 Å². The van der Waals surface area contributed by atoms with Crippen LogP contribution in [0.25, 0.3) is 0 Å². The Bertz CT molecular complexity index is 1250. The highest BCUT2D eigenvalue weighted by Crippen LogP contribution is 2.29. The number of carbonyl (C=O) groups is 2. The highest BCUT2D eigenvalue weighted by molar-refractivity contribution is 5.94. The number of aromatic nitrogens is 2. The van der Waals surface area contributed by atoms with Crippen molar-refractivity contribution in [3.8, 4) is 17.4 Å². The lowest BCUT2D eigenvalue weighted by atomic mass is 9.88. The van der Waals surface area contributed by atoms with Crippen LogP contribution in [0.15, 0.2) is 54.9 Å². The third-order valence-corrected chi connectivity index (χ3v) is 5.55. The van der Waals surface area contributed by atoms with Crippen LogP contribution in [0.4, 0.5) is 13.2 Å². The first-order chi connectivity index (χ1) is 17.2. The van der Waals surface area contributed by atoms with Crippen LogP contribution in [0.2, 0.25) is 0 Å². The van der Waals surface area contributed by atoms with Gasteiger partial charge < -0.3 is 20.1 Å². The summed E-state index contributed by atoms with van der Waals surface area (Å²) in [6.07, 6.45) is 0.294. The van der Waals surface area contributed by atoms with Crippen LogP contribution in [0.5, 0.6) is 17.4 Å². The lowest BCUT2D eigenvalue weighted by molar-refractivity contribution is -0.154. The Morgan fingerprint density at radius 2 is 1.83 bits per heavy atom. The highest BCUT2D eigenvalue weighted by Gasteiger charge is 2.28. The number of halogens is 3. The first kappa shape index (κ1) is 25.0. The van der Waals surface area contributed by atoms with Crippen LogP contribution in [-0.2, 0) is 12.8 Å². The third-order valence-electron chi connectivity index (χ3n) is 5.55. The number of amides is 2. The summed E-state index contributed by atoms with van der Waals surface area (Å²) < 4.78 is 47.3. The molecule has 0 saturated heterocycles. The molecule has 188 valence electrons. The van der Waals surface area contributed by atoms with Crippen molar-refractivity contribution in [2.24, 2.45) is 0 Å². The van der Waals surface area contributed by atoms with Gasteiger partial charge in [0, 0.05) is 37.6 Å². The van der Waals surface area contributed by atoms with E-state index in [-0.39, 0.29) is 35.0 Å². The van der Waals surface area contributed by atoms with Gasteiger partial charge in [-0.05, 0) is 54.7 Å². The Labute approximate surface area is 204 Å². The number of ether oxygens (including phenoxy) is 2. The molecule has 1 aliphatic rings. The van der Waals surface area contributed by atoms with Gasteiger partial charge in [-0.3, -0.25) is 14.6 Å². The molecular weight excluding hydrogens is 477 g/mol. The number of nitrogens with zero attached hydrogens (tertiary/aromatic N) is 2. The average molecular weight is 500 g/mol. The van der Waals surface area contributed by atoms with E-state index >= 15 is 0 Å². The molecule has 1 aromatic carbocycles. The summed E-state index contributed by atoms with van der Waals surface area (Å²) in [6, 6.07) is 11.4. The summed E-state index contributed by atoms with van der Waals surface area (Å²) in [6.45, 7) is -1.45. The van der Waals surface area contributed by atoms with E-state index in [1.54, 1.807) is 12.1 Å². The van der Waals surface area contributed by atoms with E-state index in [1.807, 2.05) is 18.2 Å². The molecule has 2 aromatic heterocycles. The quantitative estimate of drug-likeness (QED) is 0.511. The maximum absolute atomic E-state index is 12.6. The van der Waals surface area contributed by atoms with Gasteiger partial charge in [-0.2, -0.15) is 13.2 Å². The fraction of sp³-hybridized carbons (Fsp3) is 0.280. The van der Waals surface area contributed by atoms with Gasteiger partial charge in [0.15, 0.2) is 6.61 Å². The second-order valence-electron chi connectivity index (χ2n) is 8.19. The van der Waals surface area contributed by atoms with Gasteiger partial charge in [0.25, 0.3) is 11.8 Å². The predicted octanol–water partition coefficient (Wildman–Crippen LogP) is 3.86. The number of fused-ring (bicyclic) bond motifs is 1. The second-order valence-corrected chi connectivity index (χ2v) is 8.19. The molecule has 1 unspecified atom stereocenters. The molecule has 0 saturated carbocycles. The van der Waals surface area contributed by atoms with Crippen LogP contribution >= 0.6 is 0 Å². The Kier molecular flexibility index (Phi) is 7.37. The molecule has 0 bridgehead atoms. The van der Waals surface area contributed by atoms with Crippen molar-refractivity contribution in [3.05, 3.63) is 77.2 Å². The standard InChI is InChI=1S/C25H23F3N4O4/c1-29-24(34)21-12-20(8-9-30-21)36-19-6-3-15-2-5-18(10-17(15)11-19)32-23(33)16-4-7-22(31-13-16)35-14-25(26,27)28/h3-4,6-9,11-13,18H,2,5,10,14H2,1H3,(H,29,34)(H,32,33). The number of alkyl halides is 3. The van der Waals surface area contributed by atoms with Gasteiger partial charge in [-0.1, -0.05) is 6.07 Å². The fourth-order valence-corrected chi connectivity index (χ4v) is 3.81. The molecule has 2 amide bonds. The lowest BCUT2D eigenvalue weighted by Gasteiger charge is -2.26. The minimum Gasteiger partial charge on any atom is -0.468 e. The van der Waals surface area contributed by atoms with Gasteiger partial charge in [-0.25, -0.2) is 4.98 Å². The molecule has 36 heavy (non-hydrogen) atoms. The van der Waals surface area contributed by atoms with Gasteiger partial charge in [0.05, 0.1) is 5.56 Å². The number of rotatable bonds is 7. The summed E-state index contributed by atoms with van der Waals surface area (Å²) in [5.74, 6) is 0.167. The number of hydrogen-bond acceptors (Lipinski definition) is 6. The summed E-state index contributed by atoms with van der Waals surface area (Å²) >= 11 is 0. The average Bonchev–Trinajstić information content (AvgIpc) is 2.87. The van der Waals surface area contributed by atoms with E-state index in [0.717, 1.165) is 24.0 Å². The SMILES string of the molecule is CNC(=O)c1cc(Oc2ccc3c(c2)CC(NC(=O)c2ccc(OCC(F)(F)F)nc2)CC3)ccn1. The number of nitrogens with one attached hydrogen (secondary N) is 2. The van der Waals surface area contributed by atoms with Crippen molar-refractivity contribution in [1.29, 1.82) is 0 Å². The maximum Gasteiger partial charge on any atom is 0.422 e. The van der Waals surface area contributed by atoms with Crippen molar-refractivity contribution in [3.63, 3.8) is 0 Å². The number of aryl methyl sites for hydroxylation is 1. The molecule has 3 aromatic rings. The van der Waals surface area contributed by atoms with Crippen LogP contribution in [0.3, 0.4) is 0 Å². The second kappa shape index (κ2) is 10.6. The smallest absolute Gasteiger partial charge is 0.422 e. The molecule has 4 rings (SSSR count). The Balaban J connectivity index is 1.37. The predicted molar refractivity (Wildman–Crippen MR) is 123 cm³/mol. The van der Waals surface area contributed by atoms with Crippen molar-refractivity contribution in [2.45, 2.75) is 31.5 Å². The first-order valence-electron chi connectivity index (χ1n) is 11.1. The molecule has 0 spiro atoms.